The number of aliphatic imine (C=N–C) groups is 1. The molecule has 0 bridgehead atoms. The zero-order valence-corrected chi connectivity index (χ0v) is 17.6. The van der Waals surface area contributed by atoms with E-state index in [0.717, 1.165) is 25.6 Å². The van der Waals surface area contributed by atoms with E-state index in [1.165, 1.54) is 58.3 Å². The number of rotatable bonds is 6. The molecule has 1 saturated carbocycles. The molecule has 6 heteroatoms. The lowest BCUT2D eigenvalue weighted by molar-refractivity contribution is 0.131. The Bertz CT molecular complexity index is 351. The number of likely N-dealkylation sites (N-methyl/N-ethyl adjacent to an activating group) is 1. The van der Waals surface area contributed by atoms with E-state index in [1.807, 2.05) is 7.05 Å². The van der Waals surface area contributed by atoms with Crippen molar-refractivity contribution in [3.05, 3.63) is 0 Å². The average Bonchev–Trinajstić information content (AvgIpc) is 2.69. The molecule has 1 saturated heterocycles. The molecular weight excluding hydrogens is 401 g/mol. The molecule has 2 N–H and O–H groups in total. The first-order valence-corrected chi connectivity index (χ1v) is 9.03. The molecule has 1 aliphatic carbocycles. The fourth-order valence-corrected chi connectivity index (χ4v) is 3.48. The Hall–Kier alpha value is -0.0800. The van der Waals surface area contributed by atoms with Crippen LogP contribution >= 0.6 is 24.0 Å². The first-order chi connectivity index (χ1) is 10.7. The summed E-state index contributed by atoms with van der Waals surface area (Å²) in [5.74, 6) is 0.965. The zero-order valence-electron chi connectivity index (χ0n) is 15.2. The van der Waals surface area contributed by atoms with Crippen molar-refractivity contribution in [3.8, 4) is 0 Å². The van der Waals surface area contributed by atoms with Crippen LogP contribution in [0.1, 0.15) is 39.0 Å². The van der Waals surface area contributed by atoms with Crippen LogP contribution in [0.2, 0.25) is 0 Å². The molecule has 0 amide bonds. The van der Waals surface area contributed by atoms with Crippen LogP contribution in [0, 0.1) is 5.41 Å². The molecule has 1 heterocycles. The summed E-state index contributed by atoms with van der Waals surface area (Å²) in [5.41, 5.74) is 0.535. The van der Waals surface area contributed by atoms with Gasteiger partial charge in [0.25, 0.3) is 0 Å². The molecule has 2 fully saturated rings. The van der Waals surface area contributed by atoms with Crippen molar-refractivity contribution in [1.29, 1.82) is 0 Å². The molecule has 5 nitrogen and oxygen atoms in total. The van der Waals surface area contributed by atoms with E-state index >= 15 is 0 Å². The molecule has 0 radical (unpaired) electrons. The minimum Gasteiger partial charge on any atom is -0.356 e. The van der Waals surface area contributed by atoms with Crippen molar-refractivity contribution in [3.63, 3.8) is 0 Å². The molecule has 2 rings (SSSR count). The maximum Gasteiger partial charge on any atom is 0.191 e. The summed E-state index contributed by atoms with van der Waals surface area (Å²) < 4.78 is 0. The third-order valence-electron chi connectivity index (χ3n) is 5.55. The van der Waals surface area contributed by atoms with Crippen molar-refractivity contribution < 1.29 is 0 Å². The molecule has 0 aromatic heterocycles. The molecule has 136 valence electrons. The number of hydrogen-bond donors (Lipinski definition) is 2. The first kappa shape index (κ1) is 21.0. The smallest absolute Gasteiger partial charge is 0.191 e. The highest BCUT2D eigenvalue weighted by Crippen LogP contribution is 2.42. The van der Waals surface area contributed by atoms with Gasteiger partial charge in [-0.3, -0.25) is 4.99 Å². The van der Waals surface area contributed by atoms with Gasteiger partial charge in [0.2, 0.25) is 0 Å². The second-order valence-corrected chi connectivity index (χ2v) is 7.06. The molecule has 0 unspecified atom stereocenters. The highest BCUT2D eigenvalue weighted by Gasteiger charge is 2.34. The van der Waals surface area contributed by atoms with Crippen LogP contribution in [0.15, 0.2) is 4.99 Å². The second-order valence-electron chi connectivity index (χ2n) is 7.06. The van der Waals surface area contributed by atoms with Gasteiger partial charge >= 0.3 is 0 Å². The SMILES string of the molecule is CCC1(CNC(=NC)NCCN2CCCN(C)CC2)CCC1.I. The Balaban J connectivity index is 0.00000264. The highest BCUT2D eigenvalue weighted by molar-refractivity contribution is 14.0. The van der Waals surface area contributed by atoms with Gasteiger partial charge in [0.1, 0.15) is 0 Å². The number of nitrogens with zero attached hydrogens (tertiary/aromatic N) is 3. The summed E-state index contributed by atoms with van der Waals surface area (Å²) in [6, 6.07) is 0. The number of hydrogen-bond acceptors (Lipinski definition) is 3. The van der Waals surface area contributed by atoms with Crippen LogP contribution in [-0.2, 0) is 0 Å². The van der Waals surface area contributed by atoms with Crippen molar-refractivity contribution in [2.75, 3.05) is 59.9 Å². The van der Waals surface area contributed by atoms with Crippen molar-refractivity contribution in [2.24, 2.45) is 10.4 Å². The van der Waals surface area contributed by atoms with Crippen LogP contribution in [-0.4, -0.2) is 75.7 Å². The minimum absolute atomic E-state index is 0. The number of guanidine groups is 1. The van der Waals surface area contributed by atoms with Gasteiger partial charge in [-0.05, 0) is 51.2 Å². The Morgan fingerprint density at radius 1 is 1.09 bits per heavy atom. The van der Waals surface area contributed by atoms with Gasteiger partial charge in [-0.1, -0.05) is 13.3 Å². The predicted octanol–water partition coefficient (Wildman–Crippen LogP) is 1.99. The van der Waals surface area contributed by atoms with E-state index in [1.54, 1.807) is 0 Å². The fraction of sp³-hybridized carbons (Fsp3) is 0.941. The summed E-state index contributed by atoms with van der Waals surface area (Å²) in [7, 11) is 4.09. The van der Waals surface area contributed by atoms with Gasteiger partial charge in [-0.15, -0.1) is 24.0 Å². The second kappa shape index (κ2) is 10.7. The van der Waals surface area contributed by atoms with Gasteiger partial charge in [-0.25, -0.2) is 0 Å². The van der Waals surface area contributed by atoms with E-state index < -0.39 is 0 Å². The van der Waals surface area contributed by atoms with Crippen LogP contribution in [0.25, 0.3) is 0 Å². The van der Waals surface area contributed by atoms with E-state index in [2.05, 4.69) is 39.4 Å². The lowest BCUT2D eigenvalue weighted by Gasteiger charge is -2.41. The van der Waals surface area contributed by atoms with Crippen LogP contribution in [0.4, 0.5) is 0 Å². The van der Waals surface area contributed by atoms with Crippen LogP contribution in [0.3, 0.4) is 0 Å². The molecule has 23 heavy (non-hydrogen) atoms. The normalized spacial score (nSPS) is 22.7. The monoisotopic (exact) mass is 437 g/mol. The van der Waals surface area contributed by atoms with Crippen LogP contribution in [0.5, 0.6) is 0 Å². The molecule has 2 aliphatic rings. The van der Waals surface area contributed by atoms with E-state index in [4.69, 9.17) is 0 Å². The lowest BCUT2D eigenvalue weighted by atomic mass is 9.67. The Kier molecular flexibility index (Phi) is 9.77. The maximum absolute atomic E-state index is 4.36. The topological polar surface area (TPSA) is 42.9 Å². The van der Waals surface area contributed by atoms with Crippen molar-refractivity contribution in [1.82, 2.24) is 20.4 Å². The molecule has 0 atom stereocenters. The van der Waals surface area contributed by atoms with Crippen LogP contribution < -0.4 is 10.6 Å². The quantitative estimate of drug-likeness (QED) is 0.379. The molecular formula is C17H36IN5. The van der Waals surface area contributed by atoms with Gasteiger partial charge in [0, 0.05) is 39.8 Å². The van der Waals surface area contributed by atoms with Crippen molar-refractivity contribution >= 4 is 29.9 Å². The molecule has 0 spiro atoms. The van der Waals surface area contributed by atoms with E-state index in [-0.39, 0.29) is 24.0 Å². The summed E-state index contributed by atoms with van der Waals surface area (Å²) in [6.07, 6.45) is 6.69. The standard InChI is InChI=1S/C17H35N5.HI/c1-4-17(7-5-8-17)15-20-16(18-2)19-9-12-22-11-6-10-21(3)13-14-22;/h4-15H2,1-3H3,(H2,18,19,20);1H. The summed E-state index contributed by atoms with van der Waals surface area (Å²) in [4.78, 5) is 9.35. The first-order valence-electron chi connectivity index (χ1n) is 9.03. The number of nitrogens with one attached hydrogen (secondary N) is 2. The molecule has 0 aromatic rings. The predicted molar refractivity (Wildman–Crippen MR) is 110 cm³/mol. The summed E-state index contributed by atoms with van der Waals surface area (Å²) in [5, 5.41) is 7.01. The fourth-order valence-electron chi connectivity index (χ4n) is 3.48. The number of halogens is 1. The third kappa shape index (κ3) is 6.74. The van der Waals surface area contributed by atoms with E-state index in [0.29, 0.717) is 5.41 Å². The Labute approximate surface area is 159 Å². The highest BCUT2D eigenvalue weighted by atomic mass is 127. The van der Waals surface area contributed by atoms with Gasteiger partial charge in [-0.2, -0.15) is 0 Å². The minimum atomic E-state index is 0. The molecule has 0 aromatic carbocycles. The van der Waals surface area contributed by atoms with Gasteiger partial charge in [0.15, 0.2) is 5.96 Å². The Morgan fingerprint density at radius 2 is 1.87 bits per heavy atom. The molecule has 1 aliphatic heterocycles. The maximum atomic E-state index is 4.36. The third-order valence-corrected chi connectivity index (χ3v) is 5.55. The Morgan fingerprint density at radius 3 is 2.48 bits per heavy atom. The van der Waals surface area contributed by atoms with E-state index in [9.17, 15) is 0 Å². The summed E-state index contributed by atoms with van der Waals surface area (Å²) in [6.45, 7) is 10.3. The largest absolute Gasteiger partial charge is 0.356 e. The lowest BCUT2D eigenvalue weighted by Crippen LogP contribution is -2.47. The van der Waals surface area contributed by atoms with Crippen molar-refractivity contribution in [2.45, 2.75) is 39.0 Å². The average molecular weight is 437 g/mol. The zero-order chi connectivity index (χ0) is 15.8. The van der Waals surface area contributed by atoms with Gasteiger partial charge in [0.05, 0.1) is 0 Å². The van der Waals surface area contributed by atoms with Gasteiger partial charge < -0.3 is 20.4 Å². The summed E-state index contributed by atoms with van der Waals surface area (Å²) >= 11 is 0.